The molecule has 84 valence electrons. The minimum atomic E-state index is -0.844. The fourth-order valence-corrected chi connectivity index (χ4v) is 0.703. The molecular weight excluding hydrogens is 182 g/mol. The molecule has 0 unspecified atom stereocenters. The van der Waals surface area contributed by atoms with E-state index in [1.54, 1.807) is 13.8 Å². The van der Waals surface area contributed by atoms with Gasteiger partial charge in [-0.25, -0.2) is 0 Å². The van der Waals surface area contributed by atoms with Crippen molar-refractivity contribution in [2.45, 2.75) is 27.7 Å². The van der Waals surface area contributed by atoms with Crippen LogP contribution < -0.4 is 5.73 Å². The smallest absolute Gasteiger partial charge is 0.311 e. The standard InChI is InChI=1S/C10H21NO3/c1-9(2,5-11)6-14-7-10(3,4)8(12)13/h5-7,11H2,1-4H3,(H,12,13). The molecule has 0 aromatic rings. The van der Waals surface area contributed by atoms with E-state index in [9.17, 15) is 4.79 Å². The van der Waals surface area contributed by atoms with Crippen molar-refractivity contribution in [1.82, 2.24) is 0 Å². The van der Waals surface area contributed by atoms with Crippen LogP contribution in [0.5, 0.6) is 0 Å². The summed E-state index contributed by atoms with van der Waals surface area (Å²) in [6, 6.07) is 0. The van der Waals surface area contributed by atoms with Crippen LogP contribution in [0.3, 0.4) is 0 Å². The summed E-state index contributed by atoms with van der Waals surface area (Å²) in [5, 5.41) is 8.82. The molecule has 0 amide bonds. The maximum Gasteiger partial charge on any atom is 0.311 e. The molecular formula is C10H21NO3. The fraction of sp³-hybridized carbons (Fsp3) is 0.900. The van der Waals surface area contributed by atoms with Gasteiger partial charge in [0, 0.05) is 5.41 Å². The van der Waals surface area contributed by atoms with Crippen LogP contribution in [0.15, 0.2) is 0 Å². The molecule has 0 atom stereocenters. The van der Waals surface area contributed by atoms with Crippen LogP contribution in [-0.4, -0.2) is 30.8 Å². The van der Waals surface area contributed by atoms with Crippen LogP contribution in [0.4, 0.5) is 0 Å². The zero-order valence-corrected chi connectivity index (χ0v) is 9.46. The van der Waals surface area contributed by atoms with Gasteiger partial charge in [0.15, 0.2) is 0 Å². The van der Waals surface area contributed by atoms with Gasteiger partial charge in [0.2, 0.25) is 0 Å². The molecule has 0 rings (SSSR count). The van der Waals surface area contributed by atoms with Gasteiger partial charge in [0.25, 0.3) is 0 Å². The number of aliphatic carboxylic acids is 1. The molecule has 4 nitrogen and oxygen atoms in total. The highest BCUT2D eigenvalue weighted by Crippen LogP contribution is 2.18. The van der Waals surface area contributed by atoms with E-state index in [4.69, 9.17) is 15.6 Å². The van der Waals surface area contributed by atoms with Gasteiger partial charge in [-0.1, -0.05) is 13.8 Å². The number of rotatable bonds is 6. The third kappa shape index (κ3) is 4.58. The molecule has 0 aromatic heterocycles. The Kier molecular flexibility index (Phi) is 4.55. The molecule has 4 heteroatoms. The van der Waals surface area contributed by atoms with Crippen molar-refractivity contribution in [1.29, 1.82) is 0 Å². The van der Waals surface area contributed by atoms with Crippen molar-refractivity contribution in [2.75, 3.05) is 19.8 Å². The highest BCUT2D eigenvalue weighted by Gasteiger charge is 2.28. The molecule has 14 heavy (non-hydrogen) atoms. The topological polar surface area (TPSA) is 72.5 Å². The first-order chi connectivity index (χ1) is 6.21. The number of carboxylic acid groups (broad SMARTS) is 1. The quantitative estimate of drug-likeness (QED) is 0.678. The number of carbonyl (C=O) groups is 1. The number of carboxylic acids is 1. The van der Waals surface area contributed by atoms with Crippen LogP contribution in [-0.2, 0) is 9.53 Å². The summed E-state index contributed by atoms with van der Waals surface area (Å²) < 4.78 is 5.35. The lowest BCUT2D eigenvalue weighted by atomic mass is 9.93. The summed E-state index contributed by atoms with van der Waals surface area (Å²) >= 11 is 0. The molecule has 0 aliphatic heterocycles. The molecule has 0 bridgehead atoms. The highest BCUT2D eigenvalue weighted by atomic mass is 16.5. The first-order valence-corrected chi connectivity index (χ1v) is 4.72. The predicted octanol–water partition coefficient (Wildman–Crippen LogP) is 1.10. The van der Waals surface area contributed by atoms with Gasteiger partial charge in [-0.15, -0.1) is 0 Å². The fourth-order valence-electron chi connectivity index (χ4n) is 0.703. The van der Waals surface area contributed by atoms with Gasteiger partial charge in [-0.2, -0.15) is 0 Å². The molecule has 0 saturated carbocycles. The van der Waals surface area contributed by atoms with Crippen LogP contribution in [0, 0.1) is 10.8 Å². The second-order valence-electron chi connectivity index (χ2n) is 5.05. The van der Waals surface area contributed by atoms with E-state index < -0.39 is 11.4 Å². The van der Waals surface area contributed by atoms with E-state index >= 15 is 0 Å². The molecule has 0 saturated heterocycles. The van der Waals surface area contributed by atoms with Crippen molar-refractivity contribution in [2.24, 2.45) is 16.6 Å². The first-order valence-electron chi connectivity index (χ1n) is 4.72. The minimum Gasteiger partial charge on any atom is -0.481 e. The average Bonchev–Trinajstić information content (AvgIpc) is 2.03. The Balaban J connectivity index is 3.91. The van der Waals surface area contributed by atoms with Crippen LogP contribution >= 0.6 is 0 Å². The van der Waals surface area contributed by atoms with E-state index in [1.807, 2.05) is 13.8 Å². The third-order valence-electron chi connectivity index (χ3n) is 2.09. The second kappa shape index (κ2) is 4.75. The maximum absolute atomic E-state index is 10.7. The highest BCUT2D eigenvalue weighted by molar-refractivity contribution is 5.73. The van der Waals surface area contributed by atoms with Gasteiger partial charge in [0.05, 0.1) is 18.6 Å². The van der Waals surface area contributed by atoms with Crippen molar-refractivity contribution >= 4 is 5.97 Å². The summed E-state index contributed by atoms with van der Waals surface area (Å²) in [6.07, 6.45) is 0. The Labute approximate surface area is 85.4 Å². The Morgan fingerprint density at radius 2 is 1.79 bits per heavy atom. The van der Waals surface area contributed by atoms with Crippen molar-refractivity contribution in [3.05, 3.63) is 0 Å². The van der Waals surface area contributed by atoms with Crippen LogP contribution in [0.25, 0.3) is 0 Å². The van der Waals surface area contributed by atoms with Crippen LogP contribution in [0.1, 0.15) is 27.7 Å². The van der Waals surface area contributed by atoms with Crippen molar-refractivity contribution < 1.29 is 14.6 Å². The Morgan fingerprint density at radius 1 is 1.29 bits per heavy atom. The van der Waals surface area contributed by atoms with E-state index in [2.05, 4.69) is 0 Å². The Hall–Kier alpha value is -0.610. The summed E-state index contributed by atoms with van der Waals surface area (Å²) in [6.45, 7) is 8.49. The SMILES string of the molecule is CC(C)(CN)COCC(C)(C)C(=O)O. The third-order valence-corrected chi connectivity index (χ3v) is 2.09. The van der Waals surface area contributed by atoms with E-state index in [1.165, 1.54) is 0 Å². The Morgan fingerprint density at radius 3 is 2.14 bits per heavy atom. The lowest BCUT2D eigenvalue weighted by molar-refractivity contribution is -0.151. The minimum absolute atomic E-state index is 0.0887. The molecule has 0 heterocycles. The number of hydrogen-bond acceptors (Lipinski definition) is 3. The van der Waals surface area contributed by atoms with Crippen molar-refractivity contribution in [3.63, 3.8) is 0 Å². The molecule has 3 N–H and O–H groups in total. The lowest BCUT2D eigenvalue weighted by Crippen LogP contribution is -2.34. The predicted molar refractivity (Wildman–Crippen MR) is 55.1 cm³/mol. The average molecular weight is 203 g/mol. The summed E-state index contributed by atoms with van der Waals surface area (Å²) in [7, 11) is 0. The molecule has 0 aliphatic carbocycles. The largest absolute Gasteiger partial charge is 0.481 e. The van der Waals surface area contributed by atoms with Gasteiger partial charge in [-0.3, -0.25) is 4.79 Å². The van der Waals surface area contributed by atoms with E-state index in [0.29, 0.717) is 13.2 Å². The maximum atomic E-state index is 10.7. The zero-order chi connectivity index (χ0) is 11.4. The molecule has 0 spiro atoms. The molecule has 0 radical (unpaired) electrons. The van der Waals surface area contributed by atoms with Gasteiger partial charge < -0.3 is 15.6 Å². The van der Waals surface area contributed by atoms with Gasteiger partial charge in [-0.05, 0) is 20.4 Å². The number of ether oxygens (including phenoxy) is 1. The lowest BCUT2D eigenvalue weighted by Gasteiger charge is -2.25. The molecule has 0 fully saturated rings. The van der Waals surface area contributed by atoms with Gasteiger partial charge >= 0.3 is 5.97 Å². The molecule has 0 aromatic carbocycles. The first kappa shape index (κ1) is 13.4. The summed E-state index contributed by atoms with van der Waals surface area (Å²) in [5.41, 5.74) is 4.60. The van der Waals surface area contributed by atoms with Crippen molar-refractivity contribution in [3.8, 4) is 0 Å². The second-order valence-corrected chi connectivity index (χ2v) is 5.05. The summed E-state index contributed by atoms with van der Waals surface area (Å²) in [4.78, 5) is 10.7. The van der Waals surface area contributed by atoms with Crippen LogP contribution in [0.2, 0.25) is 0 Å². The molecule has 0 aliphatic rings. The summed E-state index contributed by atoms with van der Waals surface area (Å²) in [5.74, 6) is -0.844. The van der Waals surface area contributed by atoms with Gasteiger partial charge in [0.1, 0.15) is 0 Å². The monoisotopic (exact) mass is 203 g/mol. The normalized spacial score (nSPS) is 12.9. The zero-order valence-electron chi connectivity index (χ0n) is 9.46. The number of nitrogens with two attached hydrogens (primary N) is 1. The van der Waals surface area contributed by atoms with E-state index in [-0.39, 0.29) is 12.0 Å². The van der Waals surface area contributed by atoms with E-state index in [0.717, 1.165) is 0 Å². The Bertz CT molecular complexity index is 200. The number of hydrogen-bond donors (Lipinski definition) is 2.